The first-order chi connectivity index (χ1) is 15.0. The number of carbonyl (C=O) groups is 1. The number of nitrogens with zero attached hydrogens (tertiary/aromatic N) is 6. The van der Waals surface area contributed by atoms with E-state index in [4.69, 9.17) is 5.26 Å². The zero-order valence-electron chi connectivity index (χ0n) is 16.5. The molecule has 0 bridgehead atoms. The SMILES string of the molecule is C=C(CCCn1cnc2cc(C#N)cnc21)C(=O)N1N=CCC1c1cc(F)cc(F)c1. The Morgan fingerprint density at radius 1 is 1.23 bits per heavy atom. The number of amides is 1. The summed E-state index contributed by atoms with van der Waals surface area (Å²) in [7, 11) is 0. The summed E-state index contributed by atoms with van der Waals surface area (Å²) in [6.07, 6.45) is 6.07. The van der Waals surface area contributed by atoms with Gasteiger partial charge in [-0.15, -0.1) is 0 Å². The molecule has 31 heavy (non-hydrogen) atoms. The van der Waals surface area contributed by atoms with Crippen LogP contribution >= 0.6 is 0 Å². The summed E-state index contributed by atoms with van der Waals surface area (Å²) >= 11 is 0. The molecular formula is C22H18F2N6O. The second-order valence-corrected chi connectivity index (χ2v) is 7.23. The summed E-state index contributed by atoms with van der Waals surface area (Å²) in [6, 6.07) is 6.34. The molecule has 0 saturated heterocycles. The Hall–Kier alpha value is -3.93. The molecule has 0 saturated carbocycles. The van der Waals surface area contributed by atoms with Gasteiger partial charge in [-0.3, -0.25) is 4.79 Å². The number of hydrazone groups is 1. The molecule has 0 radical (unpaired) electrons. The van der Waals surface area contributed by atoms with Crippen LogP contribution in [0, 0.1) is 23.0 Å². The van der Waals surface area contributed by atoms with E-state index in [1.165, 1.54) is 23.3 Å². The molecule has 2 aromatic heterocycles. The fraction of sp³-hybridized carbons (Fsp3) is 0.227. The van der Waals surface area contributed by atoms with Crippen molar-refractivity contribution < 1.29 is 13.6 Å². The van der Waals surface area contributed by atoms with Gasteiger partial charge in [0, 0.05) is 37.0 Å². The van der Waals surface area contributed by atoms with Gasteiger partial charge < -0.3 is 4.57 Å². The van der Waals surface area contributed by atoms with Crippen molar-refractivity contribution in [1.29, 1.82) is 5.26 Å². The molecule has 156 valence electrons. The third-order valence-electron chi connectivity index (χ3n) is 5.07. The smallest absolute Gasteiger partial charge is 0.269 e. The summed E-state index contributed by atoms with van der Waals surface area (Å²) in [4.78, 5) is 21.4. The number of aryl methyl sites for hydroxylation is 1. The average Bonchev–Trinajstić information content (AvgIpc) is 3.39. The van der Waals surface area contributed by atoms with E-state index in [9.17, 15) is 13.6 Å². The number of imidazole rings is 1. The summed E-state index contributed by atoms with van der Waals surface area (Å²) in [5.41, 5.74) is 2.43. The van der Waals surface area contributed by atoms with Gasteiger partial charge in [0.15, 0.2) is 5.65 Å². The van der Waals surface area contributed by atoms with Crippen molar-refractivity contribution in [3.05, 3.63) is 71.7 Å². The van der Waals surface area contributed by atoms with Crippen LogP contribution in [0.25, 0.3) is 11.2 Å². The number of carbonyl (C=O) groups excluding carboxylic acids is 1. The Morgan fingerprint density at radius 2 is 2.00 bits per heavy atom. The minimum absolute atomic E-state index is 0.351. The lowest BCUT2D eigenvalue weighted by Crippen LogP contribution is -2.28. The highest BCUT2D eigenvalue weighted by Crippen LogP contribution is 2.30. The first kappa shape index (κ1) is 20.3. The van der Waals surface area contributed by atoms with Gasteiger partial charge in [0.25, 0.3) is 5.91 Å². The summed E-state index contributed by atoms with van der Waals surface area (Å²) in [5, 5.41) is 14.3. The number of hydrogen-bond donors (Lipinski definition) is 0. The number of nitriles is 1. The maximum absolute atomic E-state index is 13.6. The number of halogens is 2. The van der Waals surface area contributed by atoms with E-state index >= 15 is 0 Å². The number of hydrogen-bond acceptors (Lipinski definition) is 5. The van der Waals surface area contributed by atoms with Crippen LogP contribution in [0.2, 0.25) is 0 Å². The van der Waals surface area contributed by atoms with Crippen molar-refractivity contribution in [3.8, 4) is 6.07 Å². The molecule has 3 heterocycles. The molecule has 3 aromatic rings. The highest BCUT2D eigenvalue weighted by molar-refractivity contribution is 5.94. The Kier molecular flexibility index (Phi) is 5.54. The highest BCUT2D eigenvalue weighted by atomic mass is 19.1. The molecule has 4 rings (SSSR count). The Morgan fingerprint density at radius 3 is 2.74 bits per heavy atom. The molecule has 1 aliphatic heterocycles. The zero-order valence-corrected chi connectivity index (χ0v) is 16.5. The normalized spacial score (nSPS) is 15.4. The first-order valence-electron chi connectivity index (χ1n) is 9.67. The number of aromatic nitrogens is 3. The third-order valence-corrected chi connectivity index (χ3v) is 5.07. The number of fused-ring (bicyclic) bond motifs is 1. The van der Waals surface area contributed by atoms with Crippen LogP contribution in [-0.2, 0) is 11.3 Å². The van der Waals surface area contributed by atoms with Gasteiger partial charge in [-0.1, -0.05) is 6.58 Å². The first-order valence-corrected chi connectivity index (χ1v) is 9.67. The lowest BCUT2D eigenvalue weighted by molar-refractivity contribution is -0.129. The lowest BCUT2D eigenvalue weighted by Gasteiger charge is -2.23. The number of benzene rings is 1. The van der Waals surface area contributed by atoms with Crippen LogP contribution < -0.4 is 0 Å². The molecule has 0 fully saturated rings. The van der Waals surface area contributed by atoms with Crippen molar-refractivity contribution in [2.45, 2.75) is 31.8 Å². The predicted molar refractivity (Wildman–Crippen MR) is 110 cm³/mol. The van der Waals surface area contributed by atoms with Gasteiger partial charge in [0.2, 0.25) is 0 Å². The van der Waals surface area contributed by atoms with Crippen LogP contribution in [0.1, 0.15) is 36.4 Å². The second kappa shape index (κ2) is 8.44. The zero-order chi connectivity index (χ0) is 22.0. The van der Waals surface area contributed by atoms with Crippen molar-refractivity contribution in [3.63, 3.8) is 0 Å². The fourth-order valence-electron chi connectivity index (χ4n) is 3.56. The molecule has 1 aliphatic rings. The summed E-state index contributed by atoms with van der Waals surface area (Å²) < 4.78 is 29.0. The molecular weight excluding hydrogens is 402 g/mol. The van der Waals surface area contributed by atoms with E-state index in [1.807, 2.05) is 10.6 Å². The maximum Gasteiger partial charge on any atom is 0.269 e. The van der Waals surface area contributed by atoms with E-state index in [2.05, 4.69) is 21.6 Å². The molecule has 0 aliphatic carbocycles. The van der Waals surface area contributed by atoms with Crippen LogP contribution in [0.4, 0.5) is 8.78 Å². The van der Waals surface area contributed by atoms with Crippen molar-refractivity contribution >= 4 is 23.3 Å². The van der Waals surface area contributed by atoms with E-state index in [1.54, 1.807) is 18.6 Å². The predicted octanol–water partition coefficient (Wildman–Crippen LogP) is 3.88. The minimum Gasteiger partial charge on any atom is -0.315 e. The topological polar surface area (TPSA) is 87.2 Å². The average molecular weight is 420 g/mol. The highest BCUT2D eigenvalue weighted by Gasteiger charge is 2.30. The Balaban J connectivity index is 1.39. The van der Waals surface area contributed by atoms with Gasteiger partial charge >= 0.3 is 0 Å². The van der Waals surface area contributed by atoms with Gasteiger partial charge in [-0.05, 0) is 36.6 Å². The molecule has 7 nitrogen and oxygen atoms in total. The molecule has 1 unspecified atom stereocenters. The van der Waals surface area contributed by atoms with Crippen LogP contribution in [0.5, 0.6) is 0 Å². The third kappa shape index (κ3) is 4.19. The quantitative estimate of drug-likeness (QED) is 0.567. The molecule has 1 aromatic carbocycles. The van der Waals surface area contributed by atoms with Crippen LogP contribution in [-0.4, -0.2) is 31.7 Å². The Bertz CT molecular complexity index is 1220. The molecule has 0 spiro atoms. The van der Waals surface area contributed by atoms with Crippen LogP contribution in [0.15, 0.2) is 54.0 Å². The van der Waals surface area contributed by atoms with E-state index < -0.39 is 17.7 Å². The molecule has 1 amide bonds. The number of rotatable bonds is 6. The largest absolute Gasteiger partial charge is 0.315 e. The van der Waals surface area contributed by atoms with Gasteiger partial charge in [-0.25, -0.2) is 23.8 Å². The maximum atomic E-state index is 13.6. The number of pyridine rings is 1. The van der Waals surface area contributed by atoms with Crippen LogP contribution in [0.3, 0.4) is 0 Å². The van der Waals surface area contributed by atoms with Gasteiger partial charge in [0.05, 0.1) is 17.9 Å². The van der Waals surface area contributed by atoms with E-state index in [0.717, 1.165) is 6.07 Å². The molecule has 9 heteroatoms. The molecule has 1 atom stereocenters. The summed E-state index contributed by atoms with van der Waals surface area (Å²) in [5.74, 6) is -1.77. The standard InChI is InChI=1S/C22H18F2N6O/c1-14(3-2-6-29-13-27-19-7-15(11-25)12-26-21(19)29)22(31)30-20(4-5-28-30)16-8-17(23)10-18(24)9-16/h5,7-10,12-13,20H,1-4,6H2. The molecule has 0 N–H and O–H groups in total. The van der Waals surface area contributed by atoms with Crippen molar-refractivity contribution in [2.75, 3.05) is 0 Å². The monoisotopic (exact) mass is 420 g/mol. The van der Waals surface area contributed by atoms with Gasteiger partial charge in [-0.2, -0.15) is 10.4 Å². The minimum atomic E-state index is -0.698. The second-order valence-electron chi connectivity index (χ2n) is 7.23. The Labute approximate surface area is 176 Å². The van der Waals surface area contributed by atoms with E-state index in [-0.39, 0.29) is 5.91 Å². The van der Waals surface area contributed by atoms with E-state index in [0.29, 0.717) is 53.7 Å². The lowest BCUT2D eigenvalue weighted by atomic mass is 10.0. The van der Waals surface area contributed by atoms with Crippen molar-refractivity contribution in [2.24, 2.45) is 5.10 Å². The fourth-order valence-corrected chi connectivity index (χ4v) is 3.56. The summed E-state index contributed by atoms with van der Waals surface area (Å²) in [6.45, 7) is 4.44. The van der Waals surface area contributed by atoms with Gasteiger partial charge in [0.1, 0.15) is 23.2 Å². The van der Waals surface area contributed by atoms with Crippen molar-refractivity contribution in [1.82, 2.24) is 19.5 Å².